The Morgan fingerprint density at radius 1 is 1.00 bits per heavy atom. The van der Waals surface area contributed by atoms with E-state index in [1.165, 1.54) is 11.1 Å². The molecule has 1 aromatic carbocycles. The Bertz CT molecular complexity index is 605. The van der Waals surface area contributed by atoms with E-state index >= 15 is 0 Å². The zero-order valence-corrected chi connectivity index (χ0v) is 9.09. The predicted octanol–water partition coefficient (Wildman–Crippen LogP) is 3.31. The molecule has 78 valence electrons. The maximum absolute atomic E-state index is 4.56. The normalized spacial score (nSPS) is 10.8. The van der Waals surface area contributed by atoms with Crippen LogP contribution in [-0.4, -0.2) is 9.61 Å². The lowest BCUT2D eigenvalue weighted by Gasteiger charge is -1.99. The molecular formula is C14H12N2. The molecule has 0 saturated heterocycles. The van der Waals surface area contributed by atoms with Crippen LogP contribution in [0.4, 0.5) is 0 Å². The van der Waals surface area contributed by atoms with Crippen LogP contribution in [0.15, 0.2) is 54.7 Å². The Kier molecular flexibility index (Phi) is 2.00. The van der Waals surface area contributed by atoms with E-state index in [0.29, 0.717) is 0 Å². The van der Waals surface area contributed by atoms with Crippen molar-refractivity contribution in [3.8, 4) is 11.3 Å². The molecule has 0 atom stereocenters. The van der Waals surface area contributed by atoms with E-state index in [1.807, 2.05) is 28.9 Å². The first-order chi connectivity index (χ1) is 7.84. The van der Waals surface area contributed by atoms with Crippen LogP contribution in [0.3, 0.4) is 0 Å². The van der Waals surface area contributed by atoms with E-state index in [-0.39, 0.29) is 0 Å². The zero-order valence-electron chi connectivity index (χ0n) is 9.09. The lowest BCUT2D eigenvalue weighted by molar-refractivity contribution is 0.965. The van der Waals surface area contributed by atoms with Gasteiger partial charge in [0.2, 0.25) is 0 Å². The second-order valence-electron chi connectivity index (χ2n) is 3.91. The first-order valence-electron chi connectivity index (χ1n) is 5.35. The van der Waals surface area contributed by atoms with Crippen molar-refractivity contribution < 1.29 is 0 Å². The topological polar surface area (TPSA) is 17.3 Å². The molecule has 2 nitrogen and oxygen atoms in total. The number of benzene rings is 1. The predicted molar refractivity (Wildman–Crippen MR) is 65.4 cm³/mol. The van der Waals surface area contributed by atoms with Gasteiger partial charge in [0.15, 0.2) is 0 Å². The Balaban J connectivity index is 2.23. The van der Waals surface area contributed by atoms with Crippen LogP contribution in [0.25, 0.3) is 16.8 Å². The minimum Gasteiger partial charge on any atom is -0.240 e. The van der Waals surface area contributed by atoms with Gasteiger partial charge in [0, 0.05) is 11.8 Å². The van der Waals surface area contributed by atoms with Gasteiger partial charge in [-0.25, -0.2) is 4.52 Å². The van der Waals surface area contributed by atoms with E-state index in [9.17, 15) is 0 Å². The smallest absolute Gasteiger partial charge is 0.0936 e. The lowest BCUT2D eigenvalue weighted by atomic mass is 10.1. The third-order valence-electron chi connectivity index (χ3n) is 2.79. The summed E-state index contributed by atoms with van der Waals surface area (Å²) in [4.78, 5) is 0. The van der Waals surface area contributed by atoms with Crippen molar-refractivity contribution >= 4 is 5.52 Å². The maximum atomic E-state index is 4.56. The lowest BCUT2D eigenvalue weighted by Crippen LogP contribution is -1.86. The summed E-state index contributed by atoms with van der Waals surface area (Å²) in [5.74, 6) is 0. The highest BCUT2D eigenvalue weighted by Crippen LogP contribution is 2.22. The third kappa shape index (κ3) is 1.39. The molecule has 0 aliphatic heterocycles. The molecule has 2 heterocycles. The van der Waals surface area contributed by atoms with Crippen LogP contribution in [-0.2, 0) is 0 Å². The van der Waals surface area contributed by atoms with Crippen molar-refractivity contribution in [2.24, 2.45) is 0 Å². The molecule has 2 aromatic heterocycles. The first-order valence-corrected chi connectivity index (χ1v) is 5.35. The molecule has 0 radical (unpaired) electrons. The van der Waals surface area contributed by atoms with Crippen molar-refractivity contribution in [2.75, 3.05) is 0 Å². The highest BCUT2D eigenvalue weighted by molar-refractivity contribution is 5.68. The van der Waals surface area contributed by atoms with E-state index in [4.69, 9.17) is 0 Å². The number of aryl methyl sites for hydroxylation is 1. The molecule has 3 rings (SSSR count). The molecule has 0 N–H and O–H groups in total. The van der Waals surface area contributed by atoms with Crippen molar-refractivity contribution in [1.82, 2.24) is 9.61 Å². The number of aromatic nitrogens is 2. The van der Waals surface area contributed by atoms with Crippen LogP contribution in [0.2, 0.25) is 0 Å². The van der Waals surface area contributed by atoms with Gasteiger partial charge >= 0.3 is 0 Å². The van der Waals surface area contributed by atoms with Gasteiger partial charge < -0.3 is 0 Å². The molecule has 16 heavy (non-hydrogen) atoms. The second kappa shape index (κ2) is 3.49. The number of rotatable bonds is 1. The van der Waals surface area contributed by atoms with Gasteiger partial charge in [-0.05, 0) is 30.7 Å². The van der Waals surface area contributed by atoms with Crippen molar-refractivity contribution in [3.05, 3.63) is 60.3 Å². The van der Waals surface area contributed by atoms with Gasteiger partial charge in [0.1, 0.15) is 0 Å². The summed E-state index contributed by atoms with van der Waals surface area (Å²) in [6.45, 7) is 2.11. The van der Waals surface area contributed by atoms with Crippen molar-refractivity contribution in [1.29, 1.82) is 0 Å². The van der Waals surface area contributed by atoms with E-state index in [1.54, 1.807) is 0 Å². The number of fused-ring (bicyclic) bond motifs is 1. The standard InChI is InChI=1S/C14H12N2/c1-11-6-2-3-8-13(11)14-10-12-7-4-5-9-16(12)15-14/h2-10H,1H3. The molecule has 0 bridgehead atoms. The molecule has 0 saturated carbocycles. The summed E-state index contributed by atoms with van der Waals surface area (Å²) in [6, 6.07) is 16.5. The van der Waals surface area contributed by atoms with Gasteiger partial charge in [-0.3, -0.25) is 0 Å². The van der Waals surface area contributed by atoms with Gasteiger partial charge in [0.25, 0.3) is 0 Å². The van der Waals surface area contributed by atoms with Gasteiger partial charge in [-0.1, -0.05) is 30.3 Å². The van der Waals surface area contributed by atoms with E-state index in [2.05, 4.69) is 42.4 Å². The Labute approximate surface area is 94.2 Å². The number of pyridine rings is 1. The summed E-state index contributed by atoms with van der Waals surface area (Å²) in [7, 11) is 0. The average Bonchev–Trinajstić information content (AvgIpc) is 2.73. The summed E-state index contributed by atoms with van der Waals surface area (Å²) in [5.41, 5.74) is 4.61. The molecule has 3 aromatic rings. The van der Waals surface area contributed by atoms with Crippen LogP contribution in [0, 0.1) is 6.92 Å². The Morgan fingerprint density at radius 2 is 1.81 bits per heavy atom. The quantitative estimate of drug-likeness (QED) is 0.599. The average molecular weight is 208 g/mol. The molecule has 2 heteroatoms. The van der Waals surface area contributed by atoms with Crippen molar-refractivity contribution in [2.45, 2.75) is 6.92 Å². The van der Waals surface area contributed by atoms with Crippen LogP contribution < -0.4 is 0 Å². The van der Waals surface area contributed by atoms with Gasteiger partial charge in [-0.2, -0.15) is 5.10 Å². The molecule has 0 spiro atoms. The number of hydrogen-bond donors (Lipinski definition) is 0. The van der Waals surface area contributed by atoms with Crippen molar-refractivity contribution in [3.63, 3.8) is 0 Å². The van der Waals surface area contributed by atoms with Crippen LogP contribution >= 0.6 is 0 Å². The molecule has 0 unspecified atom stereocenters. The summed E-state index contributed by atoms with van der Waals surface area (Å²) in [6.07, 6.45) is 1.97. The maximum Gasteiger partial charge on any atom is 0.0936 e. The first kappa shape index (κ1) is 9.16. The molecule has 0 aliphatic rings. The Hall–Kier alpha value is -2.09. The zero-order chi connectivity index (χ0) is 11.0. The second-order valence-corrected chi connectivity index (χ2v) is 3.91. The largest absolute Gasteiger partial charge is 0.240 e. The van der Waals surface area contributed by atoms with Gasteiger partial charge in [0.05, 0.1) is 11.2 Å². The Morgan fingerprint density at radius 3 is 2.62 bits per heavy atom. The fourth-order valence-electron chi connectivity index (χ4n) is 1.93. The highest BCUT2D eigenvalue weighted by atomic mass is 15.2. The number of hydrogen-bond acceptors (Lipinski definition) is 1. The molecular weight excluding hydrogens is 196 g/mol. The summed E-state index contributed by atoms with van der Waals surface area (Å²) < 4.78 is 1.90. The summed E-state index contributed by atoms with van der Waals surface area (Å²) >= 11 is 0. The minimum absolute atomic E-state index is 1.03. The number of nitrogens with zero attached hydrogens (tertiary/aromatic N) is 2. The monoisotopic (exact) mass is 208 g/mol. The van der Waals surface area contributed by atoms with Crippen LogP contribution in [0.5, 0.6) is 0 Å². The molecule has 0 fully saturated rings. The minimum atomic E-state index is 1.03. The molecule has 0 amide bonds. The molecule has 0 aliphatic carbocycles. The SMILES string of the molecule is Cc1ccccc1-c1cc2ccccn2n1. The fourth-order valence-corrected chi connectivity index (χ4v) is 1.93. The third-order valence-corrected chi connectivity index (χ3v) is 2.79. The van der Waals surface area contributed by atoms with Gasteiger partial charge in [-0.15, -0.1) is 0 Å². The van der Waals surface area contributed by atoms with Crippen LogP contribution in [0.1, 0.15) is 5.56 Å². The fraction of sp³-hybridized carbons (Fsp3) is 0.0714. The van der Waals surface area contributed by atoms with E-state index in [0.717, 1.165) is 11.2 Å². The van der Waals surface area contributed by atoms with E-state index < -0.39 is 0 Å². The highest BCUT2D eigenvalue weighted by Gasteiger charge is 2.05. The summed E-state index contributed by atoms with van der Waals surface area (Å²) in [5, 5.41) is 4.56.